The van der Waals surface area contributed by atoms with Crippen molar-refractivity contribution in [1.29, 1.82) is 0 Å². The summed E-state index contributed by atoms with van der Waals surface area (Å²) in [6.07, 6.45) is 4.36. The zero-order valence-corrected chi connectivity index (χ0v) is 10.5. The lowest BCUT2D eigenvalue weighted by Gasteiger charge is -2.30. The van der Waals surface area contributed by atoms with Crippen LogP contribution < -0.4 is 5.32 Å². The Morgan fingerprint density at radius 2 is 2.25 bits per heavy atom. The van der Waals surface area contributed by atoms with Crippen molar-refractivity contribution in [1.82, 2.24) is 10.2 Å². The Kier molecular flexibility index (Phi) is 6.42. The summed E-state index contributed by atoms with van der Waals surface area (Å²) in [6.45, 7) is 6.23. The summed E-state index contributed by atoms with van der Waals surface area (Å²) in [7, 11) is 1.69. The van der Waals surface area contributed by atoms with Crippen molar-refractivity contribution >= 4 is 5.91 Å². The molecule has 16 heavy (non-hydrogen) atoms. The van der Waals surface area contributed by atoms with Gasteiger partial charge in [0, 0.05) is 26.6 Å². The lowest BCUT2D eigenvalue weighted by atomic mass is 10.1. The predicted molar refractivity (Wildman–Crippen MR) is 64.4 cm³/mol. The normalized spacial score (nSPS) is 22.0. The number of hydrogen-bond acceptors (Lipinski definition) is 3. The maximum absolute atomic E-state index is 11.0. The van der Waals surface area contributed by atoms with Gasteiger partial charge in [-0.3, -0.25) is 9.69 Å². The van der Waals surface area contributed by atoms with E-state index in [0.29, 0.717) is 12.5 Å². The zero-order valence-electron chi connectivity index (χ0n) is 10.5. The fourth-order valence-corrected chi connectivity index (χ4v) is 2.02. The first-order chi connectivity index (χ1) is 7.72. The lowest BCUT2D eigenvalue weighted by molar-refractivity contribution is -0.120. The van der Waals surface area contributed by atoms with Crippen LogP contribution >= 0.6 is 0 Å². The van der Waals surface area contributed by atoms with E-state index in [-0.39, 0.29) is 5.91 Å². The van der Waals surface area contributed by atoms with E-state index in [9.17, 15) is 4.79 Å². The van der Waals surface area contributed by atoms with Gasteiger partial charge in [-0.25, -0.2) is 0 Å². The average molecular weight is 228 g/mol. The molecule has 1 aliphatic rings. The minimum absolute atomic E-state index is 0.153. The molecule has 1 saturated heterocycles. The van der Waals surface area contributed by atoms with E-state index >= 15 is 0 Å². The maximum atomic E-state index is 11.0. The van der Waals surface area contributed by atoms with Gasteiger partial charge in [0.15, 0.2) is 0 Å². The van der Waals surface area contributed by atoms with Gasteiger partial charge in [0.05, 0.1) is 12.7 Å². The minimum Gasteiger partial charge on any atom is -0.376 e. The monoisotopic (exact) mass is 228 g/mol. The summed E-state index contributed by atoms with van der Waals surface area (Å²) in [5, 5.41) is 2.65. The first kappa shape index (κ1) is 13.5. The van der Waals surface area contributed by atoms with Crippen LogP contribution in [-0.2, 0) is 9.53 Å². The molecule has 0 saturated carbocycles. The topological polar surface area (TPSA) is 41.6 Å². The molecule has 1 atom stereocenters. The molecule has 94 valence electrons. The molecule has 0 aromatic rings. The molecular formula is C12H24N2O2. The van der Waals surface area contributed by atoms with E-state index in [4.69, 9.17) is 4.74 Å². The molecule has 0 bridgehead atoms. The Bertz CT molecular complexity index is 209. The molecule has 0 radical (unpaired) electrons. The fraction of sp³-hybridized carbons (Fsp3) is 0.917. The van der Waals surface area contributed by atoms with Crippen molar-refractivity contribution in [3.63, 3.8) is 0 Å². The molecule has 1 aliphatic heterocycles. The van der Waals surface area contributed by atoms with Crippen LogP contribution in [0, 0.1) is 0 Å². The summed E-state index contributed by atoms with van der Waals surface area (Å²) < 4.78 is 5.49. The van der Waals surface area contributed by atoms with Crippen LogP contribution in [0.15, 0.2) is 0 Å². The van der Waals surface area contributed by atoms with Crippen molar-refractivity contribution < 1.29 is 9.53 Å². The molecule has 0 spiro atoms. The van der Waals surface area contributed by atoms with Crippen LogP contribution in [-0.4, -0.2) is 50.2 Å². The molecule has 4 heteroatoms. The fourth-order valence-electron chi connectivity index (χ4n) is 2.02. The van der Waals surface area contributed by atoms with Crippen molar-refractivity contribution in [3.05, 3.63) is 0 Å². The van der Waals surface area contributed by atoms with Gasteiger partial charge in [-0.15, -0.1) is 0 Å². The standard InChI is InChI=1S/C12H24N2O2/c1-11-10-14(8-9-16-11)7-5-3-4-6-12(15)13-2/h11H,3-10H2,1-2H3,(H,13,15). The van der Waals surface area contributed by atoms with Gasteiger partial charge in [0.2, 0.25) is 5.91 Å². The lowest BCUT2D eigenvalue weighted by Crippen LogP contribution is -2.41. The molecule has 4 nitrogen and oxygen atoms in total. The average Bonchev–Trinajstić information content (AvgIpc) is 2.28. The molecule has 1 fully saturated rings. The molecule has 1 amide bonds. The van der Waals surface area contributed by atoms with Gasteiger partial charge in [-0.05, 0) is 26.3 Å². The number of carbonyl (C=O) groups excluding carboxylic acids is 1. The Balaban J connectivity index is 1.96. The second kappa shape index (κ2) is 7.63. The molecular weight excluding hydrogens is 204 g/mol. The first-order valence-electron chi connectivity index (χ1n) is 6.27. The summed E-state index contributed by atoms with van der Waals surface area (Å²) in [4.78, 5) is 13.4. The SMILES string of the molecule is CNC(=O)CCCCCN1CCOC(C)C1. The van der Waals surface area contributed by atoms with Crippen molar-refractivity contribution in [2.45, 2.75) is 38.7 Å². The molecule has 0 aliphatic carbocycles. The van der Waals surface area contributed by atoms with E-state index in [1.54, 1.807) is 7.05 Å². The minimum atomic E-state index is 0.153. The quantitative estimate of drug-likeness (QED) is 0.690. The Hall–Kier alpha value is -0.610. The number of hydrogen-bond donors (Lipinski definition) is 1. The van der Waals surface area contributed by atoms with Crippen LogP contribution in [0.25, 0.3) is 0 Å². The smallest absolute Gasteiger partial charge is 0.219 e. The van der Waals surface area contributed by atoms with Crippen LogP contribution in [0.1, 0.15) is 32.6 Å². The van der Waals surface area contributed by atoms with Crippen LogP contribution in [0.2, 0.25) is 0 Å². The third kappa shape index (κ3) is 5.47. The van der Waals surface area contributed by atoms with Crippen LogP contribution in [0.4, 0.5) is 0 Å². The number of nitrogens with zero attached hydrogens (tertiary/aromatic N) is 1. The second-order valence-corrected chi connectivity index (χ2v) is 4.47. The summed E-state index contributed by atoms with van der Waals surface area (Å²) >= 11 is 0. The summed E-state index contributed by atoms with van der Waals surface area (Å²) in [6, 6.07) is 0. The van der Waals surface area contributed by atoms with E-state index in [0.717, 1.165) is 39.1 Å². The van der Waals surface area contributed by atoms with E-state index < -0.39 is 0 Å². The number of unbranched alkanes of at least 4 members (excludes halogenated alkanes) is 2. The number of morpholine rings is 1. The molecule has 1 unspecified atom stereocenters. The van der Waals surface area contributed by atoms with E-state index in [1.165, 1.54) is 6.42 Å². The van der Waals surface area contributed by atoms with Gasteiger partial charge in [0.1, 0.15) is 0 Å². The molecule has 1 rings (SSSR count). The highest BCUT2D eigenvalue weighted by atomic mass is 16.5. The Labute approximate surface area is 98.3 Å². The molecule has 1 N–H and O–H groups in total. The van der Waals surface area contributed by atoms with Crippen molar-refractivity contribution in [3.8, 4) is 0 Å². The van der Waals surface area contributed by atoms with Crippen LogP contribution in [0.5, 0.6) is 0 Å². The first-order valence-corrected chi connectivity index (χ1v) is 6.27. The Morgan fingerprint density at radius 1 is 1.44 bits per heavy atom. The highest BCUT2D eigenvalue weighted by molar-refractivity contribution is 5.75. The number of rotatable bonds is 6. The van der Waals surface area contributed by atoms with Gasteiger partial charge in [-0.1, -0.05) is 6.42 Å². The van der Waals surface area contributed by atoms with Gasteiger partial charge < -0.3 is 10.1 Å². The zero-order chi connectivity index (χ0) is 11.8. The predicted octanol–water partition coefficient (Wildman–Crippen LogP) is 1.01. The van der Waals surface area contributed by atoms with Gasteiger partial charge in [-0.2, -0.15) is 0 Å². The summed E-state index contributed by atoms with van der Waals surface area (Å²) in [5.74, 6) is 0.153. The third-order valence-electron chi connectivity index (χ3n) is 2.98. The van der Waals surface area contributed by atoms with E-state index in [2.05, 4.69) is 17.1 Å². The molecule has 1 heterocycles. The Morgan fingerprint density at radius 3 is 2.94 bits per heavy atom. The third-order valence-corrected chi connectivity index (χ3v) is 2.98. The number of amides is 1. The number of carbonyl (C=O) groups is 1. The maximum Gasteiger partial charge on any atom is 0.219 e. The van der Waals surface area contributed by atoms with Crippen LogP contribution in [0.3, 0.4) is 0 Å². The molecule has 0 aromatic carbocycles. The molecule has 0 aromatic heterocycles. The van der Waals surface area contributed by atoms with Gasteiger partial charge in [0.25, 0.3) is 0 Å². The van der Waals surface area contributed by atoms with E-state index in [1.807, 2.05) is 0 Å². The van der Waals surface area contributed by atoms with Crippen molar-refractivity contribution in [2.24, 2.45) is 0 Å². The second-order valence-electron chi connectivity index (χ2n) is 4.47. The number of nitrogens with one attached hydrogen (secondary N) is 1. The summed E-state index contributed by atoms with van der Waals surface area (Å²) in [5.41, 5.74) is 0. The highest BCUT2D eigenvalue weighted by Gasteiger charge is 2.15. The number of ether oxygens (including phenoxy) is 1. The highest BCUT2D eigenvalue weighted by Crippen LogP contribution is 2.07. The largest absolute Gasteiger partial charge is 0.376 e. The van der Waals surface area contributed by atoms with Gasteiger partial charge >= 0.3 is 0 Å². The van der Waals surface area contributed by atoms with Crippen molar-refractivity contribution in [2.75, 3.05) is 33.3 Å².